The van der Waals surface area contributed by atoms with Crippen LogP contribution in [-0.2, 0) is 7.05 Å². The largest absolute Gasteiger partial charge is 0.383 e. The van der Waals surface area contributed by atoms with Gasteiger partial charge in [-0.1, -0.05) is 30.3 Å². The molecule has 0 aliphatic rings. The SMILES string of the molecule is Cn1c(-c2c(N)n(NC(=O)c3ccccc3)c3nc(C#N)c(C#N)nc23)nc2ccccc21. The van der Waals surface area contributed by atoms with Gasteiger partial charge in [0.2, 0.25) is 0 Å². The fourth-order valence-corrected chi connectivity index (χ4v) is 3.71. The lowest BCUT2D eigenvalue weighted by molar-refractivity contribution is 0.101. The smallest absolute Gasteiger partial charge is 0.270 e. The minimum Gasteiger partial charge on any atom is -0.383 e. The van der Waals surface area contributed by atoms with Gasteiger partial charge in [0.25, 0.3) is 5.91 Å². The lowest BCUT2D eigenvalue weighted by Crippen LogP contribution is -2.24. The molecule has 0 spiro atoms. The van der Waals surface area contributed by atoms with E-state index in [1.807, 2.05) is 48.0 Å². The van der Waals surface area contributed by atoms with E-state index in [2.05, 4.69) is 20.4 Å². The lowest BCUT2D eigenvalue weighted by atomic mass is 10.2. The molecule has 3 N–H and O–H groups in total. The number of para-hydroxylation sites is 2. The van der Waals surface area contributed by atoms with E-state index >= 15 is 0 Å². The number of benzene rings is 2. The summed E-state index contributed by atoms with van der Waals surface area (Å²) >= 11 is 0. The van der Waals surface area contributed by atoms with Crippen molar-refractivity contribution in [1.82, 2.24) is 24.2 Å². The first kappa shape index (κ1) is 19.7. The number of hydrogen-bond acceptors (Lipinski definition) is 7. The standard InChI is InChI=1S/C23H15N9O/c1-31-17-10-6-5-9-14(17)28-21(31)18-19-22(29-16(12-25)15(11-24)27-19)32(20(18)26)30-23(33)13-7-3-2-4-8-13/h2-10H,26H2,1H3,(H,30,33). The number of hydrogen-bond donors (Lipinski definition) is 2. The van der Waals surface area contributed by atoms with Gasteiger partial charge < -0.3 is 10.3 Å². The molecule has 0 saturated heterocycles. The minimum absolute atomic E-state index is 0.117. The first-order valence-electron chi connectivity index (χ1n) is 9.83. The van der Waals surface area contributed by atoms with Gasteiger partial charge in [0.15, 0.2) is 17.0 Å². The molecule has 3 heterocycles. The van der Waals surface area contributed by atoms with Gasteiger partial charge in [-0.05, 0) is 24.3 Å². The molecule has 5 rings (SSSR count). The van der Waals surface area contributed by atoms with Crippen LogP contribution in [0.5, 0.6) is 0 Å². The second kappa shape index (κ2) is 7.48. The van der Waals surface area contributed by atoms with Crippen LogP contribution in [0.1, 0.15) is 21.7 Å². The van der Waals surface area contributed by atoms with Gasteiger partial charge in [-0.25, -0.2) is 19.6 Å². The van der Waals surface area contributed by atoms with Crippen molar-refractivity contribution >= 4 is 33.9 Å². The van der Waals surface area contributed by atoms with Gasteiger partial charge in [-0.15, -0.1) is 0 Å². The maximum Gasteiger partial charge on any atom is 0.270 e. The normalized spacial score (nSPS) is 10.8. The van der Waals surface area contributed by atoms with Crippen LogP contribution in [0.3, 0.4) is 0 Å². The van der Waals surface area contributed by atoms with E-state index in [0.717, 1.165) is 11.0 Å². The van der Waals surface area contributed by atoms with Crippen LogP contribution in [0, 0.1) is 22.7 Å². The number of nitrogens with two attached hydrogens (primary N) is 1. The molecule has 0 radical (unpaired) electrons. The Morgan fingerprint density at radius 1 is 0.970 bits per heavy atom. The van der Waals surface area contributed by atoms with Crippen molar-refractivity contribution in [2.75, 3.05) is 11.2 Å². The van der Waals surface area contributed by atoms with Gasteiger partial charge in [0.1, 0.15) is 29.3 Å². The topological polar surface area (TPSA) is 151 Å². The zero-order chi connectivity index (χ0) is 23.1. The molecular weight excluding hydrogens is 418 g/mol. The summed E-state index contributed by atoms with van der Waals surface area (Å²) in [7, 11) is 1.83. The summed E-state index contributed by atoms with van der Waals surface area (Å²) in [6, 6.07) is 19.9. The van der Waals surface area contributed by atoms with Crippen molar-refractivity contribution in [3.63, 3.8) is 0 Å². The van der Waals surface area contributed by atoms with Crippen LogP contribution in [0.25, 0.3) is 33.6 Å². The minimum atomic E-state index is -0.430. The van der Waals surface area contributed by atoms with Crippen LogP contribution in [0.4, 0.5) is 5.82 Å². The Morgan fingerprint density at radius 2 is 1.64 bits per heavy atom. The molecule has 158 valence electrons. The highest BCUT2D eigenvalue weighted by molar-refractivity contribution is 6.04. The molecule has 0 bridgehead atoms. The molecule has 0 aliphatic heterocycles. The summed E-state index contributed by atoms with van der Waals surface area (Å²) in [5.41, 5.74) is 11.7. The molecule has 10 nitrogen and oxygen atoms in total. The first-order valence-corrected chi connectivity index (χ1v) is 9.83. The van der Waals surface area contributed by atoms with Crippen molar-refractivity contribution < 1.29 is 4.79 Å². The Hall–Kier alpha value is -5.22. The van der Waals surface area contributed by atoms with E-state index in [0.29, 0.717) is 17.0 Å². The molecule has 1 amide bonds. The highest BCUT2D eigenvalue weighted by atomic mass is 16.2. The average Bonchev–Trinajstić information content (AvgIpc) is 3.31. The van der Waals surface area contributed by atoms with Gasteiger partial charge in [-0.3, -0.25) is 10.2 Å². The van der Waals surface area contributed by atoms with Crippen molar-refractivity contribution in [3.05, 3.63) is 71.5 Å². The second-order valence-electron chi connectivity index (χ2n) is 7.20. The predicted octanol–water partition coefficient (Wildman–Crippen LogP) is 2.69. The average molecular weight is 433 g/mol. The van der Waals surface area contributed by atoms with Crippen molar-refractivity contribution in [3.8, 4) is 23.5 Å². The molecular formula is C23H15N9O. The van der Waals surface area contributed by atoms with E-state index in [4.69, 9.17) is 5.73 Å². The maximum atomic E-state index is 12.9. The number of amides is 1. The van der Waals surface area contributed by atoms with Crippen LogP contribution >= 0.6 is 0 Å². The number of aryl methyl sites for hydroxylation is 1. The summed E-state index contributed by atoms with van der Waals surface area (Å²) in [5, 5.41) is 18.9. The third kappa shape index (κ3) is 3.02. The Balaban J connectivity index is 1.80. The summed E-state index contributed by atoms with van der Waals surface area (Å²) in [4.78, 5) is 26.2. The van der Waals surface area contributed by atoms with E-state index in [9.17, 15) is 15.3 Å². The molecule has 0 unspecified atom stereocenters. The van der Waals surface area contributed by atoms with Crippen LogP contribution < -0.4 is 11.2 Å². The first-order chi connectivity index (χ1) is 16.0. The van der Waals surface area contributed by atoms with Gasteiger partial charge in [-0.2, -0.15) is 10.5 Å². The highest BCUT2D eigenvalue weighted by Gasteiger charge is 2.26. The lowest BCUT2D eigenvalue weighted by Gasteiger charge is -2.10. The van der Waals surface area contributed by atoms with Gasteiger partial charge >= 0.3 is 0 Å². The molecule has 0 aliphatic carbocycles. The zero-order valence-corrected chi connectivity index (χ0v) is 17.3. The summed E-state index contributed by atoms with van der Waals surface area (Å²) in [6.45, 7) is 0. The fourth-order valence-electron chi connectivity index (χ4n) is 3.71. The number of nitriles is 2. The Kier molecular flexibility index (Phi) is 4.47. The number of anilines is 1. The number of carbonyl (C=O) groups excluding carboxylic acids is 1. The number of aromatic nitrogens is 5. The monoisotopic (exact) mass is 433 g/mol. The quantitative estimate of drug-likeness (QED) is 0.444. The molecule has 5 aromatic rings. The molecule has 0 atom stereocenters. The van der Waals surface area contributed by atoms with E-state index in [1.54, 1.807) is 30.3 Å². The number of imidazole rings is 1. The molecule has 33 heavy (non-hydrogen) atoms. The Labute approximate surface area is 187 Å². The molecule has 10 heteroatoms. The molecule has 3 aromatic heterocycles. The zero-order valence-electron chi connectivity index (χ0n) is 17.3. The van der Waals surface area contributed by atoms with E-state index in [1.165, 1.54) is 4.68 Å². The van der Waals surface area contributed by atoms with E-state index in [-0.39, 0.29) is 28.4 Å². The van der Waals surface area contributed by atoms with Gasteiger partial charge in [0, 0.05) is 12.6 Å². The number of nitrogens with zero attached hydrogens (tertiary/aromatic N) is 7. The fraction of sp³-hybridized carbons (Fsp3) is 0.0435. The summed E-state index contributed by atoms with van der Waals surface area (Å²) < 4.78 is 3.12. The third-order valence-electron chi connectivity index (χ3n) is 5.29. The third-order valence-corrected chi connectivity index (χ3v) is 5.29. The number of carbonyl (C=O) groups is 1. The summed E-state index contributed by atoms with van der Waals surface area (Å²) in [5.74, 6) is 0.168. The van der Waals surface area contributed by atoms with Crippen LogP contribution in [-0.4, -0.2) is 30.1 Å². The number of rotatable bonds is 3. The Morgan fingerprint density at radius 3 is 2.33 bits per heavy atom. The molecule has 0 fully saturated rings. The van der Waals surface area contributed by atoms with Crippen molar-refractivity contribution in [2.24, 2.45) is 7.05 Å². The number of nitrogen functional groups attached to an aromatic ring is 1. The van der Waals surface area contributed by atoms with Crippen LogP contribution in [0.15, 0.2) is 54.6 Å². The second-order valence-corrected chi connectivity index (χ2v) is 7.20. The van der Waals surface area contributed by atoms with Crippen molar-refractivity contribution in [2.45, 2.75) is 0 Å². The predicted molar refractivity (Wildman–Crippen MR) is 121 cm³/mol. The number of nitrogens with one attached hydrogen (secondary N) is 1. The van der Waals surface area contributed by atoms with Gasteiger partial charge in [0.05, 0.1) is 16.6 Å². The van der Waals surface area contributed by atoms with Crippen LogP contribution in [0.2, 0.25) is 0 Å². The maximum absolute atomic E-state index is 12.9. The Bertz CT molecular complexity index is 1650. The molecule has 2 aromatic carbocycles. The summed E-state index contributed by atoms with van der Waals surface area (Å²) in [6.07, 6.45) is 0. The number of fused-ring (bicyclic) bond motifs is 2. The highest BCUT2D eigenvalue weighted by Crippen LogP contribution is 2.35. The molecule has 0 saturated carbocycles. The van der Waals surface area contributed by atoms with E-state index < -0.39 is 5.91 Å². The van der Waals surface area contributed by atoms with Crippen molar-refractivity contribution in [1.29, 1.82) is 10.5 Å².